The molecular formula is C24H30N4O3. The van der Waals surface area contributed by atoms with Crippen LogP contribution in [-0.2, 0) is 9.59 Å². The second-order valence-corrected chi connectivity index (χ2v) is 7.77. The number of nitrogens with one attached hydrogen (secondary N) is 4. The van der Waals surface area contributed by atoms with Crippen molar-refractivity contribution in [1.82, 2.24) is 5.32 Å². The Morgan fingerprint density at radius 3 is 2.23 bits per heavy atom. The monoisotopic (exact) mass is 422 g/mol. The Morgan fingerprint density at radius 1 is 0.839 bits per heavy atom. The third kappa shape index (κ3) is 7.13. The lowest BCUT2D eigenvalue weighted by atomic mass is 9.95. The normalized spacial score (nSPS) is 13.8. The van der Waals surface area contributed by atoms with Crippen LogP contribution in [0.3, 0.4) is 0 Å². The van der Waals surface area contributed by atoms with Crippen LogP contribution in [0.4, 0.5) is 17.1 Å². The van der Waals surface area contributed by atoms with E-state index in [1.807, 2.05) is 6.07 Å². The standard InChI is InChI=1S/C24H30N4O3/c1-2-22(29)26-21-13-7-11-19(15-21)25-16-23(30)27-20-12-6-8-17(14-20)24(31)28-18-9-4-3-5-10-18/h6-8,11-15,18,25H,2-5,9-10,16H2,1H3,(H,26,29)(H,27,30)(H,28,31). The molecule has 3 amide bonds. The minimum Gasteiger partial charge on any atom is -0.376 e. The molecule has 0 atom stereocenters. The van der Waals surface area contributed by atoms with E-state index in [1.165, 1.54) is 6.42 Å². The summed E-state index contributed by atoms with van der Waals surface area (Å²) in [5.74, 6) is -0.401. The smallest absolute Gasteiger partial charge is 0.251 e. The summed E-state index contributed by atoms with van der Waals surface area (Å²) < 4.78 is 0. The van der Waals surface area contributed by atoms with E-state index in [-0.39, 0.29) is 30.3 Å². The van der Waals surface area contributed by atoms with Crippen molar-refractivity contribution in [1.29, 1.82) is 0 Å². The first kappa shape index (κ1) is 22.3. The van der Waals surface area contributed by atoms with Crippen molar-refractivity contribution in [2.24, 2.45) is 0 Å². The van der Waals surface area contributed by atoms with Crippen LogP contribution in [-0.4, -0.2) is 30.3 Å². The SMILES string of the molecule is CCC(=O)Nc1cccc(NCC(=O)Nc2cccc(C(=O)NC3CCCCC3)c2)c1. The quantitative estimate of drug-likeness (QED) is 0.514. The van der Waals surface area contributed by atoms with Gasteiger partial charge in [-0.3, -0.25) is 14.4 Å². The first-order valence-corrected chi connectivity index (χ1v) is 10.9. The van der Waals surface area contributed by atoms with Crippen molar-refractivity contribution in [2.45, 2.75) is 51.5 Å². The van der Waals surface area contributed by atoms with Crippen LogP contribution < -0.4 is 21.3 Å². The number of amides is 3. The lowest BCUT2D eigenvalue weighted by Gasteiger charge is -2.22. The molecule has 1 saturated carbocycles. The predicted octanol–water partition coefficient (Wildman–Crippen LogP) is 4.15. The van der Waals surface area contributed by atoms with Gasteiger partial charge in [0.15, 0.2) is 0 Å². The molecule has 2 aromatic rings. The van der Waals surface area contributed by atoms with Gasteiger partial charge in [-0.05, 0) is 49.2 Å². The van der Waals surface area contributed by atoms with Crippen molar-refractivity contribution in [3.05, 3.63) is 54.1 Å². The Kier molecular flexibility index (Phi) is 8.04. The fraction of sp³-hybridized carbons (Fsp3) is 0.375. The molecule has 31 heavy (non-hydrogen) atoms. The molecule has 0 saturated heterocycles. The van der Waals surface area contributed by atoms with Gasteiger partial charge in [-0.2, -0.15) is 0 Å². The van der Waals surface area contributed by atoms with Crippen molar-refractivity contribution < 1.29 is 14.4 Å². The van der Waals surface area contributed by atoms with Gasteiger partial charge in [-0.25, -0.2) is 0 Å². The zero-order valence-electron chi connectivity index (χ0n) is 17.9. The number of carbonyl (C=O) groups excluding carboxylic acids is 3. The minimum atomic E-state index is -0.229. The third-order valence-corrected chi connectivity index (χ3v) is 5.27. The molecule has 0 aliphatic heterocycles. The summed E-state index contributed by atoms with van der Waals surface area (Å²) in [6.07, 6.45) is 6.00. The molecule has 4 N–H and O–H groups in total. The maximum Gasteiger partial charge on any atom is 0.251 e. The molecule has 0 aromatic heterocycles. The number of hydrogen-bond acceptors (Lipinski definition) is 4. The molecule has 0 heterocycles. The first-order chi connectivity index (χ1) is 15.0. The highest BCUT2D eigenvalue weighted by Crippen LogP contribution is 2.19. The van der Waals surface area contributed by atoms with Crippen LogP contribution in [0.25, 0.3) is 0 Å². The van der Waals surface area contributed by atoms with E-state index in [4.69, 9.17) is 0 Å². The lowest BCUT2D eigenvalue weighted by molar-refractivity contribution is -0.116. The minimum absolute atomic E-state index is 0.0592. The van der Waals surface area contributed by atoms with E-state index in [9.17, 15) is 14.4 Å². The zero-order valence-corrected chi connectivity index (χ0v) is 17.9. The molecule has 0 spiro atoms. The molecule has 0 bridgehead atoms. The Labute approximate surface area is 183 Å². The Bertz CT molecular complexity index is 923. The topological polar surface area (TPSA) is 99.3 Å². The predicted molar refractivity (Wildman–Crippen MR) is 123 cm³/mol. The molecule has 3 rings (SSSR count). The molecule has 7 nitrogen and oxygen atoms in total. The number of benzene rings is 2. The Morgan fingerprint density at radius 2 is 1.48 bits per heavy atom. The molecule has 164 valence electrons. The van der Waals surface area contributed by atoms with Crippen molar-refractivity contribution in [2.75, 3.05) is 22.5 Å². The summed E-state index contributed by atoms with van der Waals surface area (Å²) in [6, 6.07) is 14.4. The highest BCUT2D eigenvalue weighted by molar-refractivity contribution is 5.98. The van der Waals surface area contributed by atoms with Gasteiger partial charge in [0.25, 0.3) is 5.91 Å². The summed E-state index contributed by atoms with van der Waals surface area (Å²) in [6.45, 7) is 1.85. The van der Waals surface area contributed by atoms with Gasteiger partial charge < -0.3 is 21.3 Å². The average Bonchev–Trinajstić information content (AvgIpc) is 2.79. The van der Waals surface area contributed by atoms with Crippen LogP contribution >= 0.6 is 0 Å². The van der Waals surface area contributed by atoms with Gasteiger partial charge in [0.1, 0.15) is 0 Å². The van der Waals surface area contributed by atoms with Gasteiger partial charge in [0.05, 0.1) is 6.54 Å². The van der Waals surface area contributed by atoms with E-state index in [0.29, 0.717) is 23.4 Å². The highest BCUT2D eigenvalue weighted by atomic mass is 16.2. The average molecular weight is 423 g/mol. The summed E-state index contributed by atoms with van der Waals surface area (Å²) >= 11 is 0. The van der Waals surface area contributed by atoms with Gasteiger partial charge in [-0.1, -0.05) is 38.3 Å². The molecule has 1 aliphatic carbocycles. The first-order valence-electron chi connectivity index (χ1n) is 10.9. The van der Waals surface area contributed by atoms with Gasteiger partial charge in [-0.15, -0.1) is 0 Å². The Balaban J connectivity index is 1.51. The maximum atomic E-state index is 12.5. The largest absolute Gasteiger partial charge is 0.376 e. The lowest BCUT2D eigenvalue weighted by Crippen LogP contribution is -2.36. The van der Waals surface area contributed by atoms with E-state index < -0.39 is 0 Å². The fourth-order valence-corrected chi connectivity index (χ4v) is 3.60. The van der Waals surface area contributed by atoms with Crippen molar-refractivity contribution >= 4 is 34.8 Å². The second kappa shape index (κ2) is 11.2. The highest BCUT2D eigenvalue weighted by Gasteiger charge is 2.17. The number of carbonyl (C=O) groups is 3. The van der Waals surface area contributed by atoms with Crippen molar-refractivity contribution in [3.63, 3.8) is 0 Å². The van der Waals surface area contributed by atoms with Gasteiger partial charge in [0.2, 0.25) is 11.8 Å². The van der Waals surface area contributed by atoms with Gasteiger partial charge >= 0.3 is 0 Å². The zero-order chi connectivity index (χ0) is 22.1. The summed E-state index contributed by atoms with van der Waals surface area (Å²) in [5, 5.41) is 11.7. The van der Waals surface area contributed by atoms with Crippen LogP contribution in [0.2, 0.25) is 0 Å². The second-order valence-electron chi connectivity index (χ2n) is 7.77. The summed E-state index contributed by atoms with van der Waals surface area (Å²) in [7, 11) is 0. The molecule has 7 heteroatoms. The fourth-order valence-electron chi connectivity index (χ4n) is 3.60. The summed E-state index contributed by atoms with van der Waals surface area (Å²) in [4.78, 5) is 36.4. The summed E-state index contributed by atoms with van der Waals surface area (Å²) in [5.41, 5.74) is 2.52. The molecule has 1 fully saturated rings. The van der Waals surface area contributed by atoms with Crippen LogP contribution in [0.15, 0.2) is 48.5 Å². The number of hydrogen-bond donors (Lipinski definition) is 4. The molecular weight excluding hydrogens is 392 g/mol. The maximum absolute atomic E-state index is 12.5. The van der Waals surface area contributed by atoms with Crippen LogP contribution in [0.5, 0.6) is 0 Å². The van der Waals surface area contributed by atoms with E-state index >= 15 is 0 Å². The molecule has 2 aromatic carbocycles. The van der Waals surface area contributed by atoms with E-state index in [0.717, 1.165) is 31.4 Å². The molecule has 0 unspecified atom stereocenters. The van der Waals surface area contributed by atoms with Crippen LogP contribution in [0, 0.1) is 0 Å². The van der Waals surface area contributed by atoms with E-state index in [2.05, 4.69) is 21.3 Å². The third-order valence-electron chi connectivity index (χ3n) is 5.27. The number of rotatable bonds is 8. The Hall–Kier alpha value is -3.35. The molecule has 0 radical (unpaired) electrons. The van der Waals surface area contributed by atoms with Crippen LogP contribution in [0.1, 0.15) is 55.8 Å². The van der Waals surface area contributed by atoms with Gasteiger partial charge in [0, 0.05) is 35.1 Å². The van der Waals surface area contributed by atoms with E-state index in [1.54, 1.807) is 49.4 Å². The number of anilines is 3. The molecule has 1 aliphatic rings. The van der Waals surface area contributed by atoms with Crippen molar-refractivity contribution in [3.8, 4) is 0 Å².